The Morgan fingerprint density at radius 1 is 1.16 bits per heavy atom. The first-order valence-corrected chi connectivity index (χ1v) is 12.8. The maximum Gasteiger partial charge on any atom is 0.277 e. The Labute approximate surface area is 185 Å². The number of nitrogens with zero attached hydrogens (tertiary/aromatic N) is 3. The number of carbonyl (C=O) groups excluding carboxylic acids is 1. The first-order valence-electron chi connectivity index (χ1n) is 9.97. The van der Waals surface area contributed by atoms with E-state index in [0.29, 0.717) is 24.1 Å². The van der Waals surface area contributed by atoms with Crippen LogP contribution in [0.4, 0.5) is 0 Å². The highest BCUT2D eigenvalue weighted by molar-refractivity contribution is 7.99. The van der Waals surface area contributed by atoms with Crippen molar-refractivity contribution in [1.82, 2.24) is 15.1 Å². The second kappa shape index (κ2) is 9.23. The number of aryl methyl sites for hydroxylation is 1. The molecule has 0 bridgehead atoms. The predicted octanol–water partition coefficient (Wildman–Crippen LogP) is 3.35. The fourth-order valence-corrected chi connectivity index (χ4v) is 5.97. The summed E-state index contributed by atoms with van der Waals surface area (Å²) in [5.41, 5.74) is 2.88. The lowest BCUT2D eigenvalue weighted by Crippen LogP contribution is -2.41. The first kappa shape index (κ1) is 21.6. The van der Waals surface area contributed by atoms with Gasteiger partial charge in [-0.05, 0) is 31.0 Å². The number of hydrogen-bond donors (Lipinski definition) is 0. The third-order valence-electron chi connectivity index (χ3n) is 5.16. The molecule has 1 aromatic heterocycles. The molecule has 0 spiro atoms. The van der Waals surface area contributed by atoms with Crippen LogP contribution < -0.4 is 0 Å². The molecule has 2 heterocycles. The summed E-state index contributed by atoms with van der Waals surface area (Å²) in [6, 6.07) is 17.0. The lowest BCUT2D eigenvalue weighted by Gasteiger charge is -2.28. The van der Waals surface area contributed by atoms with E-state index in [1.807, 2.05) is 61.5 Å². The third kappa shape index (κ3) is 5.54. The molecule has 0 N–H and O–H groups in total. The molecule has 1 aliphatic heterocycles. The minimum Gasteiger partial charge on any atom is -0.411 e. The van der Waals surface area contributed by atoms with Gasteiger partial charge in [0.25, 0.3) is 5.22 Å². The van der Waals surface area contributed by atoms with Gasteiger partial charge in [-0.2, -0.15) is 0 Å². The van der Waals surface area contributed by atoms with Crippen molar-refractivity contribution in [2.75, 3.05) is 17.3 Å². The van der Waals surface area contributed by atoms with Crippen molar-refractivity contribution in [3.63, 3.8) is 0 Å². The van der Waals surface area contributed by atoms with Crippen LogP contribution in [0, 0.1) is 6.92 Å². The number of benzene rings is 2. The molecule has 0 radical (unpaired) electrons. The summed E-state index contributed by atoms with van der Waals surface area (Å²) in [5, 5.41) is 8.42. The Morgan fingerprint density at radius 2 is 1.97 bits per heavy atom. The van der Waals surface area contributed by atoms with Gasteiger partial charge in [-0.25, -0.2) is 8.42 Å². The monoisotopic (exact) mass is 457 g/mol. The van der Waals surface area contributed by atoms with E-state index < -0.39 is 9.84 Å². The van der Waals surface area contributed by atoms with Gasteiger partial charge in [0, 0.05) is 18.2 Å². The molecule has 0 unspecified atom stereocenters. The zero-order valence-electron chi connectivity index (χ0n) is 17.1. The number of amides is 1. The van der Waals surface area contributed by atoms with Crippen molar-refractivity contribution in [2.45, 2.75) is 31.2 Å². The lowest BCUT2D eigenvalue weighted by atomic mass is 10.1. The van der Waals surface area contributed by atoms with Crippen LogP contribution in [-0.4, -0.2) is 52.7 Å². The van der Waals surface area contributed by atoms with E-state index in [9.17, 15) is 13.2 Å². The van der Waals surface area contributed by atoms with Crippen LogP contribution in [0.1, 0.15) is 17.5 Å². The molecule has 1 saturated heterocycles. The molecule has 1 amide bonds. The molecular weight excluding hydrogens is 434 g/mol. The van der Waals surface area contributed by atoms with E-state index in [1.165, 1.54) is 0 Å². The van der Waals surface area contributed by atoms with Gasteiger partial charge in [-0.1, -0.05) is 59.8 Å². The highest BCUT2D eigenvalue weighted by atomic mass is 32.2. The van der Waals surface area contributed by atoms with Gasteiger partial charge < -0.3 is 9.32 Å². The zero-order chi connectivity index (χ0) is 21.8. The van der Waals surface area contributed by atoms with E-state index in [1.54, 1.807) is 4.90 Å². The molecule has 9 heteroatoms. The van der Waals surface area contributed by atoms with E-state index >= 15 is 0 Å². The van der Waals surface area contributed by atoms with Crippen LogP contribution in [0.5, 0.6) is 0 Å². The quantitative estimate of drug-likeness (QED) is 0.502. The van der Waals surface area contributed by atoms with Gasteiger partial charge >= 0.3 is 0 Å². The van der Waals surface area contributed by atoms with Crippen LogP contribution in [0.3, 0.4) is 0 Å². The maximum absolute atomic E-state index is 13.1. The van der Waals surface area contributed by atoms with E-state index in [-0.39, 0.29) is 29.2 Å². The summed E-state index contributed by atoms with van der Waals surface area (Å²) in [5.74, 6) is 0.480. The van der Waals surface area contributed by atoms with Crippen LogP contribution in [-0.2, 0) is 21.2 Å². The van der Waals surface area contributed by atoms with Gasteiger partial charge in [0.2, 0.25) is 11.8 Å². The fourth-order valence-electron chi connectivity index (χ4n) is 3.59. The first-order chi connectivity index (χ1) is 14.9. The maximum atomic E-state index is 13.1. The minimum atomic E-state index is -3.11. The van der Waals surface area contributed by atoms with Crippen LogP contribution in [0.25, 0.3) is 11.5 Å². The zero-order valence-corrected chi connectivity index (χ0v) is 18.7. The number of carbonyl (C=O) groups is 1. The van der Waals surface area contributed by atoms with Crippen molar-refractivity contribution in [3.05, 3.63) is 65.7 Å². The van der Waals surface area contributed by atoms with E-state index in [4.69, 9.17) is 4.42 Å². The van der Waals surface area contributed by atoms with Gasteiger partial charge in [0.05, 0.1) is 17.3 Å². The molecule has 0 saturated carbocycles. The molecular formula is C22H23N3O4S2. The van der Waals surface area contributed by atoms with Gasteiger partial charge in [-0.3, -0.25) is 4.79 Å². The van der Waals surface area contributed by atoms with E-state index in [0.717, 1.165) is 28.5 Å². The topological polar surface area (TPSA) is 93.4 Å². The molecule has 7 nitrogen and oxygen atoms in total. The van der Waals surface area contributed by atoms with Crippen LogP contribution in [0.15, 0.2) is 64.2 Å². The summed E-state index contributed by atoms with van der Waals surface area (Å²) in [6.45, 7) is 2.36. The van der Waals surface area contributed by atoms with Crippen molar-refractivity contribution < 1.29 is 17.6 Å². The van der Waals surface area contributed by atoms with Crippen LogP contribution >= 0.6 is 11.8 Å². The number of thioether (sulfide) groups is 1. The number of rotatable bonds is 7. The Morgan fingerprint density at radius 3 is 2.68 bits per heavy atom. The number of sulfone groups is 1. The summed E-state index contributed by atoms with van der Waals surface area (Å²) in [6.07, 6.45) is 0.462. The molecule has 2 aromatic carbocycles. The Kier molecular flexibility index (Phi) is 6.43. The third-order valence-corrected chi connectivity index (χ3v) is 7.71. The lowest BCUT2D eigenvalue weighted by molar-refractivity contribution is -0.130. The highest BCUT2D eigenvalue weighted by Crippen LogP contribution is 2.26. The van der Waals surface area contributed by atoms with Crippen molar-refractivity contribution in [2.24, 2.45) is 0 Å². The Bertz CT molecular complexity index is 1160. The highest BCUT2D eigenvalue weighted by Gasteiger charge is 2.34. The molecule has 4 rings (SSSR count). The Hall–Kier alpha value is -2.65. The largest absolute Gasteiger partial charge is 0.411 e. The molecule has 3 aromatic rings. The average Bonchev–Trinajstić information content (AvgIpc) is 3.37. The van der Waals surface area contributed by atoms with E-state index in [2.05, 4.69) is 10.2 Å². The van der Waals surface area contributed by atoms with Crippen molar-refractivity contribution in [1.29, 1.82) is 0 Å². The van der Waals surface area contributed by atoms with Gasteiger partial charge in [-0.15, -0.1) is 10.2 Å². The second-order valence-electron chi connectivity index (χ2n) is 7.60. The molecule has 31 heavy (non-hydrogen) atoms. The predicted molar refractivity (Wildman–Crippen MR) is 119 cm³/mol. The Balaban J connectivity index is 1.45. The van der Waals surface area contributed by atoms with Gasteiger partial charge in [0.15, 0.2) is 9.84 Å². The standard InChI is InChI=1S/C22H23N3O4S2/c1-16-6-5-9-18(12-16)21-23-24-22(29-21)30-14-20(26)25(13-17-7-3-2-4-8-17)19-10-11-31(27,28)15-19/h2-9,12,19H,10-11,13-15H2,1H3/t19-/m1/s1. The summed E-state index contributed by atoms with van der Waals surface area (Å²) >= 11 is 1.16. The second-order valence-corrected chi connectivity index (χ2v) is 10.8. The smallest absolute Gasteiger partial charge is 0.277 e. The summed E-state index contributed by atoms with van der Waals surface area (Å²) < 4.78 is 29.7. The summed E-state index contributed by atoms with van der Waals surface area (Å²) in [4.78, 5) is 14.7. The number of hydrogen-bond acceptors (Lipinski definition) is 7. The SMILES string of the molecule is Cc1cccc(-c2nnc(SCC(=O)N(Cc3ccccc3)[C@@H]3CCS(=O)(=O)C3)o2)c1. The molecule has 1 atom stereocenters. The average molecular weight is 458 g/mol. The fraction of sp³-hybridized carbons (Fsp3) is 0.318. The molecule has 1 fully saturated rings. The van der Waals surface area contributed by atoms with Crippen molar-refractivity contribution in [3.8, 4) is 11.5 Å². The minimum absolute atomic E-state index is 0.00824. The number of aromatic nitrogens is 2. The van der Waals surface area contributed by atoms with Gasteiger partial charge in [0.1, 0.15) is 0 Å². The summed E-state index contributed by atoms with van der Waals surface area (Å²) in [7, 11) is -3.11. The molecule has 0 aliphatic carbocycles. The van der Waals surface area contributed by atoms with Crippen molar-refractivity contribution >= 4 is 27.5 Å². The van der Waals surface area contributed by atoms with Crippen LogP contribution in [0.2, 0.25) is 0 Å². The molecule has 1 aliphatic rings. The normalized spacial score (nSPS) is 17.5. The molecule has 162 valence electrons.